The van der Waals surface area contributed by atoms with E-state index in [4.69, 9.17) is 10.5 Å². The minimum Gasteiger partial charge on any atom is -0.385 e. The van der Waals surface area contributed by atoms with Crippen LogP contribution in [0.2, 0.25) is 0 Å². The average molecular weight is 257 g/mol. The molecule has 2 N–H and O–H groups in total. The van der Waals surface area contributed by atoms with E-state index in [1.807, 2.05) is 4.90 Å². The van der Waals surface area contributed by atoms with Crippen LogP contribution in [0.1, 0.15) is 26.2 Å². The SMILES string of the molecule is CCCN1CCN(C(=O)C(N)CCCOC)CC1. The summed E-state index contributed by atoms with van der Waals surface area (Å²) in [6.07, 6.45) is 2.73. The number of piperazine rings is 1. The normalized spacial score (nSPS) is 18.9. The van der Waals surface area contributed by atoms with Gasteiger partial charge >= 0.3 is 0 Å². The predicted molar refractivity (Wildman–Crippen MR) is 72.4 cm³/mol. The third kappa shape index (κ3) is 4.92. The molecule has 18 heavy (non-hydrogen) atoms. The quantitative estimate of drug-likeness (QED) is 0.666. The van der Waals surface area contributed by atoms with Crippen molar-refractivity contribution in [2.24, 2.45) is 5.73 Å². The summed E-state index contributed by atoms with van der Waals surface area (Å²) in [4.78, 5) is 16.4. The van der Waals surface area contributed by atoms with Crippen LogP contribution in [0.15, 0.2) is 0 Å². The first kappa shape index (κ1) is 15.4. The number of nitrogens with two attached hydrogens (primary N) is 1. The van der Waals surface area contributed by atoms with Crippen LogP contribution in [0.5, 0.6) is 0 Å². The Hall–Kier alpha value is -0.650. The maximum absolute atomic E-state index is 12.1. The lowest BCUT2D eigenvalue weighted by atomic mass is 10.1. The molecule has 1 saturated heterocycles. The standard InChI is InChI=1S/C13H27N3O2/c1-3-6-15-7-9-16(10-8-15)13(17)12(14)5-4-11-18-2/h12H,3-11,14H2,1-2H3. The van der Waals surface area contributed by atoms with Crippen molar-refractivity contribution in [1.82, 2.24) is 9.80 Å². The van der Waals surface area contributed by atoms with E-state index in [1.54, 1.807) is 7.11 Å². The summed E-state index contributed by atoms with van der Waals surface area (Å²) in [6, 6.07) is -0.363. The van der Waals surface area contributed by atoms with E-state index in [2.05, 4.69) is 11.8 Å². The fraction of sp³-hybridized carbons (Fsp3) is 0.923. The maximum atomic E-state index is 12.1. The van der Waals surface area contributed by atoms with Crippen LogP contribution >= 0.6 is 0 Å². The van der Waals surface area contributed by atoms with Gasteiger partial charge in [-0.05, 0) is 25.8 Å². The van der Waals surface area contributed by atoms with Gasteiger partial charge in [-0.3, -0.25) is 9.69 Å². The van der Waals surface area contributed by atoms with Crippen molar-refractivity contribution in [2.75, 3.05) is 46.4 Å². The third-order valence-corrected chi connectivity index (χ3v) is 3.40. The highest BCUT2D eigenvalue weighted by atomic mass is 16.5. The van der Waals surface area contributed by atoms with Crippen LogP contribution in [-0.2, 0) is 9.53 Å². The molecular formula is C13H27N3O2. The Labute approximate surface area is 110 Å². The van der Waals surface area contributed by atoms with Crippen molar-refractivity contribution >= 4 is 5.91 Å². The van der Waals surface area contributed by atoms with E-state index < -0.39 is 0 Å². The molecule has 1 amide bonds. The zero-order valence-corrected chi connectivity index (χ0v) is 11.7. The van der Waals surface area contributed by atoms with Gasteiger partial charge in [0.25, 0.3) is 0 Å². The molecular weight excluding hydrogens is 230 g/mol. The van der Waals surface area contributed by atoms with Crippen molar-refractivity contribution in [2.45, 2.75) is 32.2 Å². The van der Waals surface area contributed by atoms with Crippen molar-refractivity contribution in [3.8, 4) is 0 Å². The number of methoxy groups -OCH3 is 1. The van der Waals surface area contributed by atoms with Gasteiger partial charge in [-0.15, -0.1) is 0 Å². The number of nitrogens with zero attached hydrogens (tertiary/aromatic N) is 2. The number of ether oxygens (including phenoxy) is 1. The molecule has 0 saturated carbocycles. The highest BCUT2D eigenvalue weighted by molar-refractivity contribution is 5.81. The molecule has 1 atom stereocenters. The molecule has 5 heteroatoms. The van der Waals surface area contributed by atoms with Gasteiger partial charge in [-0.25, -0.2) is 0 Å². The number of hydrogen-bond donors (Lipinski definition) is 1. The number of amides is 1. The molecule has 5 nitrogen and oxygen atoms in total. The molecule has 1 heterocycles. The minimum atomic E-state index is -0.363. The van der Waals surface area contributed by atoms with Gasteiger partial charge in [0.15, 0.2) is 0 Å². The first-order valence-electron chi connectivity index (χ1n) is 6.94. The van der Waals surface area contributed by atoms with Crippen molar-refractivity contribution in [3.63, 3.8) is 0 Å². The average Bonchev–Trinajstić information content (AvgIpc) is 2.39. The highest BCUT2D eigenvalue weighted by Crippen LogP contribution is 2.06. The molecule has 0 aromatic carbocycles. The summed E-state index contributed by atoms with van der Waals surface area (Å²) >= 11 is 0. The van der Waals surface area contributed by atoms with Gasteiger partial charge in [0.2, 0.25) is 5.91 Å². The Morgan fingerprint density at radius 1 is 1.33 bits per heavy atom. The number of carbonyl (C=O) groups is 1. The van der Waals surface area contributed by atoms with Crippen LogP contribution in [0.3, 0.4) is 0 Å². The predicted octanol–water partition coefficient (Wildman–Crippen LogP) is 0.295. The number of carbonyl (C=O) groups excluding carboxylic acids is 1. The summed E-state index contributed by atoms with van der Waals surface area (Å²) < 4.78 is 4.97. The molecule has 0 bridgehead atoms. The molecule has 1 aliphatic rings. The molecule has 0 aliphatic carbocycles. The van der Waals surface area contributed by atoms with Crippen LogP contribution in [0.4, 0.5) is 0 Å². The summed E-state index contributed by atoms with van der Waals surface area (Å²) in [5.74, 6) is 0.0993. The highest BCUT2D eigenvalue weighted by Gasteiger charge is 2.24. The van der Waals surface area contributed by atoms with Crippen LogP contribution < -0.4 is 5.73 Å². The van der Waals surface area contributed by atoms with E-state index in [-0.39, 0.29) is 11.9 Å². The molecule has 1 aliphatic heterocycles. The fourth-order valence-electron chi connectivity index (χ4n) is 2.31. The van der Waals surface area contributed by atoms with E-state index in [0.29, 0.717) is 13.0 Å². The van der Waals surface area contributed by atoms with Crippen LogP contribution in [-0.4, -0.2) is 68.2 Å². The topological polar surface area (TPSA) is 58.8 Å². The van der Waals surface area contributed by atoms with Crippen molar-refractivity contribution < 1.29 is 9.53 Å². The van der Waals surface area contributed by atoms with Crippen LogP contribution in [0.25, 0.3) is 0 Å². The molecule has 1 fully saturated rings. The minimum absolute atomic E-state index is 0.0993. The molecule has 0 radical (unpaired) electrons. The molecule has 1 unspecified atom stereocenters. The molecule has 106 valence electrons. The van der Waals surface area contributed by atoms with Gasteiger partial charge in [-0.1, -0.05) is 6.92 Å². The number of rotatable bonds is 7. The van der Waals surface area contributed by atoms with Crippen LogP contribution in [0, 0.1) is 0 Å². The van der Waals surface area contributed by atoms with Crippen molar-refractivity contribution in [3.05, 3.63) is 0 Å². The summed E-state index contributed by atoms with van der Waals surface area (Å²) in [7, 11) is 1.67. The lowest BCUT2D eigenvalue weighted by molar-refractivity contribution is -0.134. The Bertz CT molecular complexity index is 240. The Morgan fingerprint density at radius 2 is 2.00 bits per heavy atom. The van der Waals surface area contributed by atoms with Gasteiger partial charge in [0.05, 0.1) is 6.04 Å². The second-order valence-corrected chi connectivity index (χ2v) is 4.91. The summed E-state index contributed by atoms with van der Waals surface area (Å²) in [5, 5.41) is 0. The summed E-state index contributed by atoms with van der Waals surface area (Å²) in [5.41, 5.74) is 5.92. The van der Waals surface area contributed by atoms with E-state index in [0.717, 1.165) is 39.1 Å². The first-order chi connectivity index (χ1) is 8.69. The Balaban J connectivity index is 2.26. The molecule has 0 spiro atoms. The third-order valence-electron chi connectivity index (χ3n) is 3.40. The zero-order chi connectivity index (χ0) is 13.4. The van der Waals surface area contributed by atoms with Crippen molar-refractivity contribution in [1.29, 1.82) is 0 Å². The smallest absolute Gasteiger partial charge is 0.239 e. The van der Waals surface area contributed by atoms with E-state index in [9.17, 15) is 4.79 Å². The van der Waals surface area contributed by atoms with Gasteiger partial charge < -0.3 is 15.4 Å². The first-order valence-corrected chi connectivity index (χ1v) is 6.94. The lowest BCUT2D eigenvalue weighted by Crippen LogP contribution is -2.53. The molecule has 1 rings (SSSR count). The van der Waals surface area contributed by atoms with E-state index >= 15 is 0 Å². The van der Waals surface area contributed by atoms with Gasteiger partial charge in [0, 0.05) is 39.9 Å². The van der Waals surface area contributed by atoms with Gasteiger partial charge in [-0.2, -0.15) is 0 Å². The maximum Gasteiger partial charge on any atom is 0.239 e. The Kier molecular flexibility index (Phi) is 7.23. The fourth-order valence-corrected chi connectivity index (χ4v) is 2.31. The number of hydrogen-bond acceptors (Lipinski definition) is 4. The molecule has 0 aromatic rings. The molecule has 0 aromatic heterocycles. The lowest BCUT2D eigenvalue weighted by Gasteiger charge is -2.35. The second-order valence-electron chi connectivity index (χ2n) is 4.91. The Morgan fingerprint density at radius 3 is 2.56 bits per heavy atom. The summed E-state index contributed by atoms with van der Waals surface area (Å²) in [6.45, 7) is 7.57. The van der Waals surface area contributed by atoms with E-state index in [1.165, 1.54) is 6.42 Å². The van der Waals surface area contributed by atoms with Gasteiger partial charge in [0.1, 0.15) is 0 Å². The second kappa shape index (κ2) is 8.45. The zero-order valence-electron chi connectivity index (χ0n) is 11.7. The largest absolute Gasteiger partial charge is 0.385 e. The monoisotopic (exact) mass is 257 g/mol.